The minimum absolute atomic E-state index is 0.0410. The average molecular weight is 230 g/mol. The van der Waals surface area contributed by atoms with Gasteiger partial charge in [0.05, 0.1) is 6.04 Å². The molecule has 6 heteroatoms. The van der Waals surface area contributed by atoms with E-state index in [0.717, 1.165) is 5.01 Å². The maximum absolute atomic E-state index is 10.8. The van der Waals surface area contributed by atoms with Crippen molar-refractivity contribution < 1.29 is 9.59 Å². The van der Waals surface area contributed by atoms with E-state index in [0.29, 0.717) is 12.2 Å². The topological polar surface area (TPSA) is 59.1 Å². The Kier molecular flexibility index (Phi) is 4.61. The molecule has 1 aromatic rings. The first-order valence-corrected chi connectivity index (χ1v) is 5.83. The van der Waals surface area contributed by atoms with E-state index in [-0.39, 0.29) is 11.2 Å². The van der Waals surface area contributed by atoms with Crippen molar-refractivity contribution in [3.05, 3.63) is 16.6 Å². The lowest BCUT2D eigenvalue weighted by Gasteiger charge is -2.11. The quantitative estimate of drug-likeness (QED) is 0.772. The molecule has 0 fully saturated rings. The van der Waals surface area contributed by atoms with Gasteiger partial charge in [-0.3, -0.25) is 9.59 Å². The van der Waals surface area contributed by atoms with E-state index in [4.69, 9.17) is 0 Å². The predicted octanol–water partition coefficient (Wildman–Crippen LogP) is 1.21. The molecule has 0 saturated heterocycles. The molecular weight excluding hydrogens is 220 g/mol. The highest BCUT2D eigenvalue weighted by atomic mass is 32.2. The third-order valence-electron chi connectivity index (χ3n) is 1.47. The Bertz CT molecular complexity index is 300. The van der Waals surface area contributed by atoms with Crippen LogP contribution in [-0.4, -0.2) is 22.3 Å². The van der Waals surface area contributed by atoms with E-state index in [1.807, 2.05) is 5.38 Å². The first-order chi connectivity index (χ1) is 6.74. The number of carbonyl (C=O) groups is 2. The number of aromatic nitrogens is 1. The predicted molar refractivity (Wildman–Crippen MR) is 57.2 cm³/mol. The molecule has 1 N–H and O–H groups in total. The van der Waals surface area contributed by atoms with Crippen LogP contribution in [0, 0.1) is 0 Å². The molecule has 0 aromatic carbocycles. The SMILES string of the molecule is CC(=O)SCC(NC=O)c1nccs1. The number of rotatable bonds is 5. The number of thiazole rings is 1. The van der Waals surface area contributed by atoms with Gasteiger partial charge >= 0.3 is 0 Å². The van der Waals surface area contributed by atoms with E-state index < -0.39 is 0 Å². The smallest absolute Gasteiger partial charge is 0.207 e. The van der Waals surface area contributed by atoms with Gasteiger partial charge in [0.25, 0.3) is 0 Å². The van der Waals surface area contributed by atoms with Crippen molar-refractivity contribution in [3.63, 3.8) is 0 Å². The Labute approximate surface area is 90.1 Å². The number of carbonyl (C=O) groups excluding carboxylic acids is 2. The largest absolute Gasteiger partial charge is 0.349 e. The highest BCUT2D eigenvalue weighted by Gasteiger charge is 2.13. The summed E-state index contributed by atoms with van der Waals surface area (Å²) in [6, 6.07) is -0.165. The van der Waals surface area contributed by atoms with Crippen molar-refractivity contribution in [1.29, 1.82) is 0 Å². The molecule has 0 aliphatic carbocycles. The van der Waals surface area contributed by atoms with Crippen LogP contribution in [0.15, 0.2) is 11.6 Å². The number of hydrogen-bond donors (Lipinski definition) is 1. The fourth-order valence-corrected chi connectivity index (χ4v) is 2.34. The number of hydrogen-bond acceptors (Lipinski definition) is 5. The van der Waals surface area contributed by atoms with Crippen molar-refractivity contribution >= 4 is 34.6 Å². The molecule has 76 valence electrons. The summed E-state index contributed by atoms with van der Waals surface area (Å²) >= 11 is 2.65. The average Bonchev–Trinajstić information content (AvgIpc) is 2.64. The van der Waals surface area contributed by atoms with Crippen LogP contribution >= 0.6 is 23.1 Å². The Morgan fingerprint density at radius 3 is 3.14 bits per heavy atom. The van der Waals surface area contributed by atoms with Crippen LogP contribution in [-0.2, 0) is 9.59 Å². The standard InChI is InChI=1S/C8H10N2O2S2/c1-6(12)14-4-7(10-5-11)8-9-2-3-13-8/h2-3,5,7H,4H2,1H3,(H,10,11). The lowest BCUT2D eigenvalue weighted by atomic mass is 10.4. The molecule has 14 heavy (non-hydrogen) atoms. The fraction of sp³-hybridized carbons (Fsp3) is 0.375. The van der Waals surface area contributed by atoms with Gasteiger partial charge in [-0.05, 0) is 0 Å². The molecule has 0 aliphatic heterocycles. The van der Waals surface area contributed by atoms with Crippen LogP contribution in [0.2, 0.25) is 0 Å². The van der Waals surface area contributed by atoms with Gasteiger partial charge in [-0.15, -0.1) is 11.3 Å². The van der Waals surface area contributed by atoms with Crippen molar-refractivity contribution in [2.45, 2.75) is 13.0 Å². The first-order valence-electron chi connectivity index (χ1n) is 3.96. The van der Waals surface area contributed by atoms with E-state index in [9.17, 15) is 9.59 Å². The van der Waals surface area contributed by atoms with Gasteiger partial charge in [0, 0.05) is 24.3 Å². The lowest BCUT2D eigenvalue weighted by molar-refractivity contribution is -0.110. The molecule has 1 atom stereocenters. The van der Waals surface area contributed by atoms with Crippen LogP contribution in [0.5, 0.6) is 0 Å². The fourth-order valence-electron chi connectivity index (χ4n) is 0.880. The number of thioether (sulfide) groups is 1. The van der Waals surface area contributed by atoms with Gasteiger partial charge in [-0.25, -0.2) is 4.98 Å². The summed E-state index contributed by atoms with van der Waals surface area (Å²) in [4.78, 5) is 25.2. The summed E-state index contributed by atoms with van der Waals surface area (Å²) < 4.78 is 0. The molecule has 1 rings (SSSR count). The second-order valence-corrected chi connectivity index (χ2v) is 4.63. The molecule has 0 bridgehead atoms. The lowest BCUT2D eigenvalue weighted by Crippen LogP contribution is -2.21. The van der Waals surface area contributed by atoms with Gasteiger partial charge in [0.2, 0.25) is 6.41 Å². The molecule has 1 amide bonds. The molecule has 1 aromatic heterocycles. The summed E-state index contributed by atoms with van der Waals surface area (Å²) in [5.41, 5.74) is 0. The third kappa shape index (κ3) is 3.47. The van der Waals surface area contributed by atoms with Crippen LogP contribution in [0.4, 0.5) is 0 Å². The summed E-state index contributed by atoms with van der Waals surface area (Å²) in [5, 5.41) is 5.34. The molecule has 1 unspecified atom stereocenters. The van der Waals surface area contributed by atoms with Gasteiger partial charge in [0.1, 0.15) is 5.01 Å². The van der Waals surface area contributed by atoms with Gasteiger partial charge in [-0.2, -0.15) is 0 Å². The summed E-state index contributed by atoms with van der Waals surface area (Å²) in [6.45, 7) is 1.50. The van der Waals surface area contributed by atoms with Crippen LogP contribution in [0.3, 0.4) is 0 Å². The van der Waals surface area contributed by atoms with Crippen molar-refractivity contribution in [2.24, 2.45) is 0 Å². The minimum Gasteiger partial charge on any atom is -0.349 e. The van der Waals surface area contributed by atoms with E-state index in [2.05, 4.69) is 10.3 Å². The van der Waals surface area contributed by atoms with Crippen LogP contribution < -0.4 is 5.32 Å². The Morgan fingerprint density at radius 2 is 2.64 bits per heavy atom. The van der Waals surface area contributed by atoms with Crippen molar-refractivity contribution in [2.75, 3.05) is 5.75 Å². The number of amides is 1. The normalized spacial score (nSPS) is 12.1. The molecule has 0 radical (unpaired) electrons. The van der Waals surface area contributed by atoms with Gasteiger partial charge < -0.3 is 5.32 Å². The zero-order chi connectivity index (χ0) is 10.4. The van der Waals surface area contributed by atoms with Crippen molar-refractivity contribution in [3.8, 4) is 0 Å². The van der Waals surface area contributed by atoms with E-state index in [1.54, 1.807) is 6.20 Å². The summed E-state index contributed by atoms with van der Waals surface area (Å²) in [6.07, 6.45) is 2.31. The van der Waals surface area contributed by atoms with E-state index in [1.165, 1.54) is 30.0 Å². The summed E-state index contributed by atoms with van der Waals surface area (Å²) in [7, 11) is 0. The molecular formula is C8H10N2O2S2. The Morgan fingerprint density at radius 1 is 1.86 bits per heavy atom. The summed E-state index contributed by atoms with van der Waals surface area (Å²) in [5.74, 6) is 0.529. The maximum atomic E-state index is 10.8. The number of nitrogens with zero attached hydrogens (tertiary/aromatic N) is 1. The molecule has 0 aliphatic rings. The van der Waals surface area contributed by atoms with E-state index >= 15 is 0 Å². The van der Waals surface area contributed by atoms with Crippen molar-refractivity contribution in [1.82, 2.24) is 10.3 Å². The molecule has 0 saturated carbocycles. The first kappa shape index (κ1) is 11.2. The highest BCUT2D eigenvalue weighted by molar-refractivity contribution is 8.13. The van der Waals surface area contributed by atoms with Gasteiger partial charge in [0.15, 0.2) is 5.12 Å². The molecule has 0 spiro atoms. The maximum Gasteiger partial charge on any atom is 0.207 e. The zero-order valence-corrected chi connectivity index (χ0v) is 9.23. The second kappa shape index (κ2) is 5.77. The minimum atomic E-state index is -0.165. The van der Waals surface area contributed by atoms with Crippen LogP contribution in [0.25, 0.3) is 0 Å². The third-order valence-corrected chi connectivity index (χ3v) is 3.27. The monoisotopic (exact) mass is 230 g/mol. The Balaban J connectivity index is 2.55. The highest BCUT2D eigenvalue weighted by Crippen LogP contribution is 2.20. The zero-order valence-electron chi connectivity index (χ0n) is 7.60. The molecule has 4 nitrogen and oxygen atoms in total. The Hall–Kier alpha value is -0.880. The van der Waals surface area contributed by atoms with Gasteiger partial charge in [-0.1, -0.05) is 11.8 Å². The van der Waals surface area contributed by atoms with Crippen LogP contribution in [0.1, 0.15) is 18.0 Å². The second-order valence-electron chi connectivity index (χ2n) is 2.51. The molecule has 1 heterocycles. The number of nitrogens with one attached hydrogen (secondary N) is 1.